The number of carbonyl (C=O) groups excluding carboxylic acids is 5. The Bertz CT molecular complexity index is 1680. The molecule has 2 aromatic carbocycles. The number of carbonyl (C=O) groups is 5. The van der Waals surface area contributed by atoms with Crippen LogP contribution in [0.15, 0.2) is 53.7 Å². The third-order valence-electron chi connectivity index (χ3n) is 7.98. The smallest absolute Gasteiger partial charge is 0.339 e. The second-order valence-corrected chi connectivity index (χ2v) is 11.3. The average Bonchev–Trinajstić information content (AvgIpc) is 3.92. The first-order chi connectivity index (χ1) is 21.3. The van der Waals surface area contributed by atoms with Crippen LogP contribution in [0.2, 0.25) is 0 Å². The Kier molecular flexibility index (Phi) is 8.29. The number of ketones is 1. The second kappa shape index (κ2) is 11.9. The van der Waals surface area contributed by atoms with Gasteiger partial charge in [0.25, 0.3) is 11.8 Å². The normalized spacial score (nSPS) is 25.1. The molecule has 5 rings (SSSR count). The highest BCUT2D eigenvalue weighted by Crippen LogP contribution is 2.42. The van der Waals surface area contributed by atoms with Crippen molar-refractivity contribution in [1.82, 2.24) is 15.5 Å². The summed E-state index contributed by atoms with van der Waals surface area (Å²) < 4.78 is 21.9. The number of nitrogens with zero attached hydrogens (tertiary/aromatic N) is 1. The number of aryl methyl sites for hydroxylation is 1. The van der Waals surface area contributed by atoms with Gasteiger partial charge in [-0.2, -0.15) is 0 Å². The number of esters is 2. The summed E-state index contributed by atoms with van der Waals surface area (Å²) in [5.41, 5.74) is -1.25. The number of ether oxygens (including phenoxy) is 4. The molecule has 5 atom stereocenters. The zero-order valence-electron chi connectivity index (χ0n) is 25.2. The standard InChI is InChI=1S/C31H33N3O11/c1-14-7-6-8-18-19(14)9-17(42-5)10-20(18)30(41)45-27(31(4)13-43-31)29(40)33-23(28(39)32-21(12-35)15(2)36)24-26(44-16(3)37)25(38)22-11-34(22)24/h6-10,12,22,25-27,35,38H,11,13H2,1-5H3,(H,32,39)(H,33,40)/b21-12+,24-23-. The van der Waals surface area contributed by atoms with E-state index in [1.807, 2.05) is 13.0 Å². The fourth-order valence-corrected chi connectivity index (χ4v) is 5.35. The molecule has 0 bridgehead atoms. The van der Waals surface area contributed by atoms with Crippen LogP contribution in [0, 0.1) is 6.92 Å². The molecule has 2 amide bonds. The van der Waals surface area contributed by atoms with E-state index in [0.29, 0.717) is 17.4 Å². The summed E-state index contributed by atoms with van der Waals surface area (Å²) >= 11 is 0. The van der Waals surface area contributed by atoms with E-state index in [0.717, 1.165) is 24.8 Å². The second-order valence-electron chi connectivity index (χ2n) is 11.3. The van der Waals surface area contributed by atoms with Crippen LogP contribution >= 0.6 is 0 Å². The van der Waals surface area contributed by atoms with E-state index in [9.17, 15) is 34.2 Å². The van der Waals surface area contributed by atoms with Crippen LogP contribution in [0.5, 0.6) is 5.75 Å². The van der Waals surface area contributed by atoms with Gasteiger partial charge in [0, 0.05) is 20.4 Å². The number of epoxide rings is 1. The minimum absolute atomic E-state index is 0.0319. The molecule has 0 saturated carbocycles. The largest absolute Gasteiger partial charge is 0.513 e. The lowest BCUT2D eigenvalue weighted by Crippen LogP contribution is -2.49. The van der Waals surface area contributed by atoms with Crippen molar-refractivity contribution in [1.29, 1.82) is 0 Å². The van der Waals surface area contributed by atoms with Gasteiger partial charge in [-0.25, -0.2) is 4.79 Å². The number of methoxy groups -OCH3 is 1. The van der Waals surface area contributed by atoms with Gasteiger partial charge in [-0.3, -0.25) is 19.2 Å². The van der Waals surface area contributed by atoms with E-state index in [1.165, 1.54) is 13.2 Å². The van der Waals surface area contributed by atoms with Crippen molar-refractivity contribution in [3.05, 3.63) is 64.8 Å². The van der Waals surface area contributed by atoms with E-state index < -0.39 is 70.9 Å². The zero-order valence-corrected chi connectivity index (χ0v) is 25.2. The fourth-order valence-electron chi connectivity index (χ4n) is 5.35. The van der Waals surface area contributed by atoms with Gasteiger partial charge in [-0.05, 0) is 42.3 Å². The molecule has 0 aliphatic carbocycles. The van der Waals surface area contributed by atoms with Crippen LogP contribution < -0.4 is 15.4 Å². The molecule has 4 N–H and O–H groups in total. The van der Waals surface area contributed by atoms with Crippen molar-refractivity contribution in [2.45, 2.75) is 57.6 Å². The Hall–Kier alpha value is -4.95. The maximum atomic E-state index is 13.9. The number of amides is 2. The first-order valence-electron chi connectivity index (χ1n) is 14.1. The molecular weight excluding hydrogens is 590 g/mol. The number of Topliss-reactive ketones (excluding diaryl/α,β-unsaturated/α-hetero) is 1. The van der Waals surface area contributed by atoms with Crippen LogP contribution in [-0.2, 0) is 33.4 Å². The summed E-state index contributed by atoms with van der Waals surface area (Å²) in [7, 11) is 1.46. The Morgan fingerprint density at radius 3 is 2.44 bits per heavy atom. The number of hydrogen-bond acceptors (Lipinski definition) is 12. The first-order valence-corrected chi connectivity index (χ1v) is 14.1. The highest BCUT2D eigenvalue weighted by Gasteiger charge is 2.59. The first kappa shape index (κ1) is 31.5. The number of hydrogen-bond donors (Lipinski definition) is 4. The molecule has 14 nitrogen and oxygen atoms in total. The molecule has 3 saturated heterocycles. The number of nitrogens with one attached hydrogen (secondary N) is 2. The van der Waals surface area contributed by atoms with E-state index in [2.05, 4.69) is 10.6 Å². The van der Waals surface area contributed by atoms with Crippen molar-refractivity contribution < 1.29 is 53.1 Å². The summed E-state index contributed by atoms with van der Waals surface area (Å²) in [6.45, 7) is 5.99. The third kappa shape index (κ3) is 6.06. The van der Waals surface area contributed by atoms with Gasteiger partial charge in [0.1, 0.15) is 35.1 Å². The number of aliphatic hydroxyl groups is 2. The van der Waals surface area contributed by atoms with Crippen LogP contribution in [0.3, 0.4) is 0 Å². The molecular formula is C31H33N3O11. The number of piperidine rings is 1. The number of fused-ring (bicyclic) bond motifs is 2. The molecule has 45 heavy (non-hydrogen) atoms. The van der Waals surface area contributed by atoms with E-state index in [-0.39, 0.29) is 24.4 Å². The molecule has 0 aromatic heterocycles. The predicted molar refractivity (Wildman–Crippen MR) is 156 cm³/mol. The average molecular weight is 624 g/mol. The number of rotatable bonds is 10. The van der Waals surface area contributed by atoms with Crippen molar-refractivity contribution in [3.8, 4) is 5.75 Å². The SMILES string of the molecule is COc1cc(C(=O)OC(C(=O)N/C(C(=O)N/C(=C/O)C(C)=O)=C2/C(OC(C)=O)C(O)C3CN23)C2(C)CO2)c2cccc(C)c2c1. The number of allylic oxidation sites excluding steroid dienone is 1. The van der Waals surface area contributed by atoms with Crippen molar-refractivity contribution in [2.24, 2.45) is 0 Å². The van der Waals surface area contributed by atoms with Gasteiger partial charge in [-0.1, -0.05) is 18.2 Å². The number of aliphatic hydroxyl groups excluding tert-OH is 2. The molecule has 238 valence electrons. The van der Waals surface area contributed by atoms with Crippen molar-refractivity contribution in [2.75, 3.05) is 20.3 Å². The zero-order chi connectivity index (χ0) is 32.8. The molecule has 3 aliphatic rings. The third-order valence-corrected chi connectivity index (χ3v) is 7.98. The summed E-state index contributed by atoms with van der Waals surface area (Å²) in [6.07, 6.45) is -3.74. The maximum absolute atomic E-state index is 13.9. The minimum Gasteiger partial charge on any atom is -0.513 e. The molecule has 3 fully saturated rings. The lowest BCUT2D eigenvalue weighted by molar-refractivity contribution is -0.148. The summed E-state index contributed by atoms with van der Waals surface area (Å²) in [6, 6.07) is 8.16. The van der Waals surface area contributed by atoms with E-state index >= 15 is 0 Å². The molecule has 0 spiro atoms. The fraction of sp³-hybridized carbons (Fsp3) is 0.387. The Balaban J connectivity index is 1.51. The van der Waals surface area contributed by atoms with E-state index in [4.69, 9.17) is 18.9 Å². The highest BCUT2D eigenvalue weighted by atomic mass is 16.6. The Morgan fingerprint density at radius 1 is 1.13 bits per heavy atom. The van der Waals surface area contributed by atoms with Crippen molar-refractivity contribution >= 4 is 40.3 Å². The minimum atomic E-state index is -1.58. The van der Waals surface area contributed by atoms with Crippen LogP contribution in [0.25, 0.3) is 10.8 Å². The quantitative estimate of drug-likeness (QED) is 0.127. The van der Waals surface area contributed by atoms with E-state index in [1.54, 1.807) is 30.0 Å². The monoisotopic (exact) mass is 623 g/mol. The van der Waals surface area contributed by atoms with Crippen molar-refractivity contribution in [3.63, 3.8) is 0 Å². The summed E-state index contributed by atoms with van der Waals surface area (Å²) in [5.74, 6) is -3.95. The van der Waals surface area contributed by atoms with Gasteiger partial charge >= 0.3 is 11.9 Å². The molecule has 5 unspecified atom stereocenters. The Morgan fingerprint density at radius 2 is 1.84 bits per heavy atom. The topological polar surface area (TPSA) is 193 Å². The van der Waals surface area contributed by atoms with Crippen LogP contribution in [0.1, 0.15) is 36.7 Å². The lowest BCUT2D eigenvalue weighted by atomic mass is 9.99. The Labute approximate surface area is 257 Å². The predicted octanol–water partition coefficient (Wildman–Crippen LogP) is 0.894. The molecule has 14 heteroatoms. The lowest BCUT2D eigenvalue weighted by Gasteiger charge is -2.25. The van der Waals surface area contributed by atoms with Gasteiger partial charge in [0.15, 0.2) is 11.9 Å². The van der Waals surface area contributed by atoms with Crippen LogP contribution in [0.4, 0.5) is 0 Å². The molecule has 3 heterocycles. The molecule has 2 aromatic rings. The van der Waals surface area contributed by atoms with Gasteiger partial charge in [-0.15, -0.1) is 0 Å². The number of benzene rings is 2. The van der Waals surface area contributed by atoms with Gasteiger partial charge < -0.3 is 44.7 Å². The summed E-state index contributed by atoms with van der Waals surface area (Å²) in [5, 5.41) is 26.2. The van der Waals surface area contributed by atoms with Gasteiger partial charge in [0.05, 0.1) is 31.0 Å². The molecule has 3 aliphatic heterocycles. The summed E-state index contributed by atoms with van der Waals surface area (Å²) in [4.78, 5) is 66.4. The van der Waals surface area contributed by atoms with Gasteiger partial charge in [0.2, 0.25) is 6.10 Å². The maximum Gasteiger partial charge on any atom is 0.339 e. The molecule has 0 radical (unpaired) electrons. The van der Waals surface area contributed by atoms with Crippen LogP contribution in [-0.4, -0.2) is 94.9 Å². The highest BCUT2D eigenvalue weighted by molar-refractivity contribution is 6.08.